The highest BCUT2D eigenvalue weighted by atomic mass is 16.6. The summed E-state index contributed by atoms with van der Waals surface area (Å²) in [5.41, 5.74) is 15.5. The SMILES string of the molecule is CCC(CCCC1CCC2C3CC=C4CC(OC(=O)N(CC5(CC)CC(C)(N)C5)CC5(CC)CC(C)(N)C5)CCC4(C)C3CCC12C)C(C)C. The fourth-order valence-corrected chi connectivity index (χ4v) is 14.4. The summed E-state index contributed by atoms with van der Waals surface area (Å²) in [4.78, 5) is 16.4. The first-order valence-corrected chi connectivity index (χ1v) is 21.6. The number of ether oxygens (including phenoxy) is 1. The number of allylic oxidation sites excluding steroid dienone is 1. The number of rotatable bonds is 13. The van der Waals surface area contributed by atoms with Crippen LogP contribution < -0.4 is 11.5 Å². The summed E-state index contributed by atoms with van der Waals surface area (Å²) in [5.74, 6) is 5.15. The van der Waals surface area contributed by atoms with E-state index in [1.807, 2.05) is 0 Å². The molecule has 0 aromatic heterocycles. The van der Waals surface area contributed by atoms with Crippen LogP contribution >= 0.6 is 0 Å². The summed E-state index contributed by atoms with van der Waals surface area (Å²) in [6, 6.07) is 0. The van der Waals surface area contributed by atoms with E-state index in [2.05, 4.69) is 73.3 Å². The zero-order valence-electron chi connectivity index (χ0n) is 34.2. The standard InChI is InChI=1S/C45H79N3O2/c1-10-32(31(4)5)14-13-15-33-17-19-37-36-18-16-34-24-35(20-22-43(34,9)38(36)21-23-42(33,37)8)50-39(49)48(29-44(11-2)25-40(6,46)26-44)30-45(12-3)27-41(7,47)28-45/h16,31-33,35-38H,10-15,17-30,46-47H2,1-9H3. The second-order valence-electron chi connectivity index (χ2n) is 21.2. The van der Waals surface area contributed by atoms with E-state index < -0.39 is 0 Å². The quantitative estimate of drug-likeness (QED) is 0.188. The smallest absolute Gasteiger partial charge is 0.410 e. The lowest BCUT2D eigenvalue weighted by molar-refractivity contribution is -0.0623. The summed E-state index contributed by atoms with van der Waals surface area (Å²) >= 11 is 0. The summed E-state index contributed by atoms with van der Waals surface area (Å²) in [6.45, 7) is 22.9. The van der Waals surface area contributed by atoms with Gasteiger partial charge in [-0.15, -0.1) is 0 Å². The molecule has 5 heteroatoms. The molecule has 6 aliphatic rings. The molecule has 0 aliphatic heterocycles. The zero-order chi connectivity index (χ0) is 36.3. The van der Waals surface area contributed by atoms with Crippen molar-refractivity contribution in [2.75, 3.05) is 13.1 Å². The predicted octanol–water partition coefficient (Wildman–Crippen LogP) is 11.0. The van der Waals surface area contributed by atoms with Crippen LogP contribution in [0.3, 0.4) is 0 Å². The van der Waals surface area contributed by atoms with E-state index in [9.17, 15) is 4.79 Å². The summed E-state index contributed by atoms with van der Waals surface area (Å²) in [5, 5.41) is 0. The fraction of sp³-hybridized carbons (Fsp3) is 0.933. The Morgan fingerprint density at radius 3 is 2.04 bits per heavy atom. The monoisotopic (exact) mass is 694 g/mol. The molecule has 0 saturated heterocycles. The van der Waals surface area contributed by atoms with E-state index in [-0.39, 0.29) is 39.5 Å². The molecule has 4 N–H and O–H groups in total. The lowest BCUT2D eigenvalue weighted by atomic mass is 9.47. The van der Waals surface area contributed by atoms with Crippen LogP contribution in [0.25, 0.3) is 0 Å². The number of fused-ring (bicyclic) bond motifs is 5. The van der Waals surface area contributed by atoms with Gasteiger partial charge in [-0.05, 0) is 161 Å². The highest BCUT2D eigenvalue weighted by Crippen LogP contribution is 2.67. The zero-order valence-corrected chi connectivity index (χ0v) is 34.2. The van der Waals surface area contributed by atoms with Crippen molar-refractivity contribution in [2.45, 2.75) is 195 Å². The van der Waals surface area contributed by atoms with E-state index in [0.717, 1.165) is 106 Å². The molecule has 1 amide bonds. The average molecular weight is 694 g/mol. The first-order chi connectivity index (χ1) is 23.4. The van der Waals surface area contributed by atoms with Gasteiger partial charge in [0.1, 0.15) is 6.10 Å². The Kier molecular flexibility index (Phi) is 10.8. The first-order valence-electron chi connectivity index (χ1n) is 21.6. The van der Waals surface area contributed by atoms with Crippen LogP contribution in [-0.2, 0) is 4.74 Å². The molecule has 0 aromatic rings. The van der Waals surface area contributed by atoms with E-state index >= 15 is 0 Å². The largest absolute Gasteiger partial charge is 0.446 e. The van der Waals surface area contributed by atoms with Crippen molar-refractivity contribution in [2.24, 2.45) is 68.6 Å². The van der Waals surface area contributed by atoms with Gasteiger partial charge in [0.15, 0.2) is 0 Å². The van der Waals surface area contributed by atoms with Gasteiger partial charge in [-0.1, -0.05) is 79.4 Å². The second-order valence-corrected chi connectivity index (χ2v) is 21.2. The van der Waals surface area contributed by atoms with E-state index in [1.54, 1.807) is 5.57 Å². The normalized spacial score (nSPS) is 45.8. The Labute approximate surface area is 308 Å². The molecule has 0 spiro atoms. The van der Waals surface area contributed by atoms with Crippen molar-refractivity contribution in [3.8, 4) is 0 Å². The maximum absolute atomic E-state index is 14.2. The maximum atomic E-state index is 14.2. The molecule has 8 unspecified atom stereocenters. The molecule has 5 saturated carbocycles. The molecule has 286 valence electrons. The molecule has 0 bridgehead atoms. The highest BCUT2D eigenvalue weighted by Gasteiger charge is 2.59. The molecule has 8 atom stereocenters. The van der Waals surface area contributed by atoms with Crippen LogP contribution in [0, 0.1) is 57.2 Å². The number of nitrogens with zero attached hydrogens (tertiary/aromatic N) is 1. The topological polar surface area (TPSA) is 81.6 Å². The number of nitrogens with two attached hydrogens (primary N) is 2. The van der Waals surface area contributed by atoms with Gasteiger partial charge in [0, 0.05) is 30.6 Å². The molecule has 5 fully saturated rings. The third-order valence-corrected chi connectivity index (χ3v) is 17.0. The maximum Gasteiger partial charge on any atom is 0.410 e. The van der Waals surface area contributed by atoms with Crippen molar-refractivity contribution in [3.05, 3.63) is 11.6 Å². The van der Waals surface area contributed by atoms with E-state index in [1.165, 1.54) is 57.8 Å². The molecular formula is C45H79N3O2. The van der Waals surface area contributed by atoms with Crippen molar-refractivity contribution < 1.29 is 9.53 Å². The molecule has 0 radical (unpaired) electrons. The number of carbonyl (C=O) groups excluding carboxylic acids is 1. The van der Waals surface area contributed by atoms with Gasteiger partial charge in [0.25, 0.3) is 0 Å². The van der Waals surface area contributed by atoms with Crippen LogP contribution in [-0.4, -0.2) is 41.3 Å². The van der Waals surface area contributed by atoms with Crippen LogP contribution in [0.15, 0.2) is 11.6 Å². The molecule has 6 rings (SSSR count). The summed E-state index contributed by atoms with van der Waals surface area (Å²) in [6.07, 6.45) is 24.2. The van der Waals surface area contributed by atoms with Gasteiger partial charge in [-0.3, -0.25) is 0 Å². The van der Waals surface area contributed by atoms with Crippen molar-refractivity contribution in [3.63, 3.8) is 0 Å². The Morgan fingerprint density at radius 1 is 0.880 bits per heavy atom. The van der Waals surface area contributed by atoms with Crippen LogP contribution in [0.2, 0.25) is 0 Å². The lowest BCUT2D eigenvalue weighted by Gasteiger charge is -2.58. The number of amides is 1. The minimum absolute atomic E-state index is 0.0131. The fourth-order valence-electron chi connectivity index (χ4n) is 14.4. The Morgan fingerprint density at radius 2 is 1.50 bits per heavy atom. The highest BCUT2D eigenvalue weighted by molar-refractivity contribution is 5.68. The van der Waals surface area contributed by atoms with Crippen molar-refractivity contribution in [1.29, 1.82) is 0 Å². The second kappa shape index (κ2) is 14.0. The third kappa shape index (κ3) is 7.24. The van der Waals surface area contributed by atoms with Crippen molar-refractivity contribution in [1.82, 2.24) is 4.90 Å². The minimum Gasteiger partial charge on any atom is -0.446 e. The van der Waals surface area contributed by atoms with Crippen LogP contribution in [0.1, 0.15) is 178 Å². The minimum atomic E-state index is -0.124. The number of carbonyl (C=O) groups is 1. The molecule has 50 heavy (non-hydrogen) atoms. The first kappa shape index (κ1) is 38.6. The van der Waals surface area contributed by atoms with Gasteiger partial charge in [-0.25, -0.2) is 4.79 Å². The van der Waals surface area contributed by atoms with Crippen LogP contribution in [0.5, 0.6) is 0 Å². The predicted molar refractivity (Wildman–Crippen MR) is 209 cm³/mol. The van der Waals surface area contributed by atoms with Gasteiger partial charge in [0.05, 0.1) is 0 Å². The molecular weight excluding hydrogens is 615 g/mol. The molecule has 5 nitrogen and oxygen atoms in total. The number of hydrogen-bond donors (Lipinski definition) is 2. The molecule has 0 heterocycles. The van der Waals surface area contributed by atoms with Crippen LogP contribution in [0.4, 0.5) is 4.79 Å². The lowest BCUT2D eigenvalue weighted by Crippen LogP contribution is -2.63. The Balaban J connectivity index is 1.10. The molecule has 6 aliphatic carbocycles. The Bertz CT molecular complexity index is 1200. The van der Waals surface area contributed by atoms with Crippen molar-refractivity contribution >= 4 is 6.09 Å². The van der Waals surface area contributed by atoms with E-state index in [4.69, 9.17) is 16.2 Å². The van der Waals surface area contributed by atoms with Gasteiger partial charge in [0.2, 0.25) is 0 Å². The van der Waals surface area contributed by atoms with E-state index in [0.29, 0.717) is 5.41 Å². The van der Waals surface area contributed by atoms with Gasteiger partial charge in [-0.2, -0.15) is 0 Å². The Hall–Kier alpha value is -1.07. The molecule has 0 aromatic carbocycles. The number of hydrogen-bond acceptors (Lipinski definition) is 4. The average Bonchev–Trinajstić information content (AvgIpc) is 3.36. The summed E-state index contributed by atoms with van der Waals surface area (Å²) < 4.78 is 6.57. The third-order valence-electron chi connectivity index (χ3n) is 17.0. The summed E-state index contributed by atoms with van der Waals surface area (Å²) in [7, 11) is 0. The van der Waals surface area contributed by atoms with Gasteiger partial charge < -0.3 is 21.1 Å². The van der Waals surface area contributed by atoms with Gasteiger partial charge >= 0.3 is 6.09 Å².